The summed E-state index contributed by atoms with van der Waals surface area (Å²) < 4.78 is 5.01. The molecule has 1 rings (SSSR count). The summed E-state index contributed by atoms with van der Waals surface area (Å²) in [6, 6.07) is -1.10. The Morgan fingerprint density at radius 1 is 1.50 bits per heavy atom. The summed E-state index contributed by atoms with van der Waals surface area (Å²) in [5, 5.41) is 12.4. The molecular formula is C12H22N2O4. The number of hydrogen-bond donors (Lipinski definition) is 2. The fourth-order valence-corrected chi connectivity index (χ4v) is 2.25. The SMILES string of the molecule is CCCC(C(=O)O)N1CCNCC1C(=O)OCC. The van der Waals surface area contributed by atoms with E-state index in [4.69, 9.17) is 4.74 Å². The number of nitrogens with one attached hydrogen (secondary N) is 1. The van der Waals surface area contributed by atoms with Gasteiger partial charge in [0.15, 0.2) is 0 Å². The van der Waals surface area contributed by atoms with Gasteiger partial charge in [0.2, 0.25) is 0 Å². The molecule has 0 saturated carbocycles. The molecule has 1 saturated heterocycles. The van der Waals surface area contributed by atoms with Crippen LogP contribution in [0.25, 0.3) is 0 Å². The smallest absolute Gasteiger partial charge is 0.324 e. The van der Waals surface area contributed by atoms with E-state index in [1.165, 1.54) is 0 Å². The summed E-state index contributed by atoms with van der Waals surface area (Å²) in [5.41, 5.74) is 0. The van der Waals surface area contributed by atoms with Crippen LogP contribution < -0.4 is 5.32 Å². The maximum Gasteiger partial charge on any atom is 0.324 e. The molecule has 0 radical (unpaired) electrons. The molecule has 1 aliphatic heterocycles. The highest BCUT2D eigenvalue weighted by atomic mass is 16.5. The Labute approximate surface area is 107 Å². The summed E-state index contributed by atoms with van der Waals surface area (Å²) in [7, 11) is 0. The van der Waals surface area contributed by atoms with Gasteiger partial charge in [-0.2, -0.15) is 0 Å². The van der Waals surface area contributed by atoms with Crippen molar-refractivity contribution in [3.8, 4) is 0 Å². The number of esters is 1. The average Bonchev–Trinajstić information content (AvgIpc) is 2.36. The van der Waals surface area contributed by atoms with E-state index in [1.54, 1.807) is 11.8 Å². The molecule has 104 valence electrons. The summed E-state index contributed by atoms with van der Waals surface area (Å²) in [4.78, 5) is 24.9. The van der Waals surface area contributed by atoms with Gasteiger partial charge in [-0.25, -0.2) is 0 Å². The standard InChI is InChI=1S/C12H22N2O4/c1-3-5-9(11(15)16)14-7-6-13-8-10(14)12(17)18-4-2/h9-10,13H,3-8H2,1-2H3,(H,15,16). The van der Waals surface area contributed by atoms with Crippen LogP contribution in [0.4, 0.5) is 0 Å². The van der Waals surface area contributed by atoms with Crippen LogP contribution in [-0.2, 0) is 14.3 Å². The molecule has 1 aliphatic rings. The third-order valence-electron chi connectivity index (χ3n) is 3.09. The van der Waals surface area contributed by atoms with Gasteiger partial charge in [-0.3, -0.25) is 14.5 Å². The number of carbonyl (C=O) groups is 2. The zero-order chi connectivity index (χ0) is 13.5. The highest BCUT2D eigenvalue weighted by Gasteiger charge is 2.37. The van der Waals surface area contributed by atoms with Crippen LogP contribution in [0.15, 0.2) is 0 Å². The first kappa shape index (κ1) is 14.9. The summed E-state index contributed by atoms with van der Waals surface area (Å²) >= 11 is 0. The van der Waals surface area contributed by atoms with Crippen molar-refractivity contribution in [1.82, 2.24) is 10.2 Å². The number of aliphatic carboxylic acids is 1. The van der Waals surface area contributed by atoms with Crippen LogP contribution in [0.1, 0.15) is 26.7 Å². The molecule has 0 aliphatic carbocycles. The number of carboxylic acid groups (broad SMARTS) is 1. The highest BCUT2D eigenvalue weighted by Crippen LogP contribution is 2.15. The molecule has 2 unspecified atom stereocenters. The first-order chi connectivity index (χ1) is 8.61. The van der Waals surface area contributed by atoms with Crippen LogP contribution in [0.3, 0.4) is 0 Å². The minimum atomic E-state index is -0.868. The molecule has 0 bridgehead atoms. The monoisotopic (exact) mass is 258 g/mol. The van der Waals surface area contributed by atoms with E-state index in [0.717, 1.165) is 6.42 Å². The Hall–Kier alpha value is -1.14. The molecule has 6 heteroatoms. The van der Waals surface area contributed by atoms with E-state index in [9.17, 15) is 14.7 Å². The van der Waals surface area contributed by atoms with Gasteiger partial charge in [-0.05, 0) is 13.3 Å². The number of rotatable bonds is 6. The summed E-state index contributed by atoms with van der Waals surface area (Å²) in [6.07, 6.45) is 1.32. The van der Waals surface area contributed by atoms with E-state index in [1.807, 2.05) is 6.92 Å². The van der Waals surface area contributed by atoms with Gasteiger partial charge in [0.05, 0.1) is 6.61 Å². The molecule has 18 heavy (non-hydrogen) atoms. The number of hydrogen-bond acceptors (Lipinski definition) is 5. The second kappa shape index (κ2) is 7.33. The minimum absolute atomic E-state index is 0.314. The third-order valence-corrected chi connectivity index (χ3v) is 3.09. The number of carboxylic acids is 1. The van der Waals surface area contributed by atoms with Gasteiger partial charge in [0, 0.05) is 19.6 Å². The normalized spacial score (nSPS) is 22.4. The van der Waals surface area contributed by atoms with Crippen molar-refractivity contribution < 1.29 is 19.4 Å². The number of carbonyl (C=O) groups excluding carboxylic acids is 1. The molecule has 2 N–H and O–H groups in total. The summed E-state index contributed by atoms with van der Waals surface area (Å²) in [6.45, 7) is 5.71. The quantitative estimate of drug-likeness (QED) is 0.657. The second-order valence-electron chi connectivity index (χ2n) is 4.35. The molecule has 2 atom stereocenters. The number of nitrogens with zero attached hydrogens (tertiary/aromatic N) is 1. The molecule has 6 nitrogen and oxygen atoms in total. The van der Waals surface area contributed by atoms with Crippen molar-refractivity contribution >= 4 is 11.9 Å². The van der Waals surface area contributed by atoms with Gasteiger partial charge >= 0.3 is 11.9 Å². The van der Waals surface area contributed by atoms with Crippen LogP contribution >= 0.6 is 0 Å². The fourth-order valence-electron chi connectivity index (χ4n) is 2.25. The van der Waals surface area contributed by atoms with Crippen molar-refractivity contribution in [3.63, 3.8) is 0 Å². The van der Waals surface area contributed by atoms with E-state index in [2.05, 4.69) is 5.32 Å². The van der Waals surface area contributed by atoms with Crippen molar-refractivity contribution in [2.45, 2.75) is 38.8 Å². The van der Waals surface area contributed by atoms with E-state index in [-0.39, 0.29) is 5.97 Å². The van der Waals surface area contributed by atoms with Crippen LogP contribution in [0.2, 0.25) is 0 Å². The first-order valence-corrected chi connectivity index (χ1v) is 6.47. The maximum absolute atomic E-state index is 11.8. The predicted molar refractivity (Wildman–Crippen MR) is 66.3 cm³/mol. The van der Waals surface area contributed by atoms with Gasteiger partial charge in [-0.15, -0.1) is 0 Å². The van der Waals surface area contributed by atoms with Gasteiger partial charge < -0.3 is 15.2 Å². The Kier molecular flexibility index (Phi) is 6.07. The third kappa shape index (κ3) is 3.68. The fraction of sp³-hybridized carbons (Fsp3) is 0.833. The number of piperazine rings is 1. The van der Waals surface area contributed by atoms with Crippen molar-refractivity contribution in [2.75, 3.05) is 26.2 Å². The molecule has 0 spiro atoms. The predicted octanol–water partition coefficient (Wildman–Crippen LogP) is 0.0766. The molecule has 0 aromatic heterocycles. The second-order valence-corrected chi connectivity index (χ2v) is 4.35. The molecule has 1 fully saturated rings. The lowest BCUT2D eigenvalue weighted by Crippen LogP contribution is -2.60. The van der Waals surface area contributed by atoms with Crippen LogP contribution in [0.5, 0.6) is 0 Å². The Balaban J connectivity index is 2.79. The van der Waals surface area contributed by atoms with Crippen molar-refractivity contribution in [1.29, 1.82) is 0 Å². The highest BCUT2D eigenvalue weighted by molar-refractivity contribution is 5.79. The number of ether oxygens (including phenoxy) is 1. The zero-order valence-corrected chi connectivity index (χ0v) is 11.0. The summed E-state index contributed by atoms with van der Waals surface area (Å²) in [5.74, 6) is -1.21. The lowest BCUT2D eigenvalue weighted by Gasteiger charge is -2.38. The Morgan fingerprint density at radius 2 is 2.22 bits per heavy atom. The van der Waals surface area contributed by atoms with Crippen molar-refractivity contribution in [3.05, 3.63) is 0 Å². The first-order valence-electron chi connectivity index (χ1n) is 6.47. The molecule has 0 aromatic rings. The molecule has 0 aromatic carbocycles. The lowest BCUT2D eigenvalue weighted by molar-refractivity contribution is -0.155. The van der Waals surface area contributed by atoms with Gasteiger partial charge in [-0.1, -0.05) is 13.3 Å². The van der Waals surface area contributed by atoms with Crippen LogP contribution in [-0.4, -0.2) is 60.3 Å². The Morgan fingerprint density at radius 3 is 2.78 bits per heavy atom. The minimum Gasteiger partial charge on any atom is -0.480 e. The molecule has 0 amide bonds. The zero-order valence-electron chi connectivity index (χ0n) is 11.0. The van der Waals surface area contributed by atoms with Gasteiger partial charge in [0.25, 0.3) is 0 Å². The average molecular weight is 258 g/mol. The largest absolute Gasteiger partial charge is 0.480 e. The molecular weight excluding hydrogens is 236 g/mol. The van der Waals surface area contributed by atoms with E-state index < -0.39 is 18.1 Å². The van der Waals surface area contributed by atoms with Crippen LogP contribution in [0, 0.1) is 0 Å². The Bertz CT molecular complexity index is 296. The van der Waals surface area contributed by atoms with E-state index in [0.29, 0.717) is 32.7 Å². The van der Waals surface area contributed by atoms with Crippen molar-refractivity contribution in [2.24, 2.45) is 0 Å². The topological polar surface area (TPSA) is 78.9 Å². The van der Waals surface area contributed by atoms with E-state index >= 15 is 0 Å². The van der Waals surface area contributed by atoms with Gasteiger partial charge in [0.1, 0.15) is 12.1 Å². The lowest BCUT2D eigenvalue weighted by atomic mass is 10.1. The maximum atomic E-state index is 11.8. The molecule has 1 heterocycles.